The van der Waals surface area contributed by atoms with Crippen molar-refractivity contribution in [3.63, 3.8) is 0 Å². The van der Waals surface area contributed by atoms with Gasteiger partial charge in [0.15, 0.2) is 5.13 Å². The fraction of sp³-hybridized carbons (Fsp3) is 0.346. The summed E-state index contributed by atoms with van der Waals surface area (Å²) in [5.74, 6) is 0.571. The molecule has 0 atom stereocenters. The van der Waals surface area contributed by atoms with Gasteiger partial charge in [-0.05, 0) is 42.7 Å². The molecule has 8 heteroatoms. The summed E-state index contributed by atoms with van der Waals surface area (Å²) in [5, 5.41) is 10.2. The Morgan fingerprint density at radius 2 is 1.85 bits per heavy atom. The summed E-state index contributed by atoms with van der Waals surface area (Å²) in [7, 11) is 0. The quantitative estimate of drug-likeness (QED) is 0.468. The highest BCUT2D eigenvalue weighted by Crippen LogP contribution is 2.41. The fourth-order valence-corrected chi connectivity index (χ4v) is 5.78. The zero-order valence-electron chi connectivity index (χ0n) is 18.9. The number of aromatic nitrogens is 3. The average Bonchev–Trinajstić information content (AvgIpc) is 3.46. The van der Waals surface area contributed by atoms with E-state index in [1.54, 1.807) is 11.3 Å². The van der Waals surface area contributed by atoms with E-state index in [0.717, 1.165) is 83.6 Å². The van der Waals surface area contributed by atoms with Crippen molar-refractivity contribution in [3.05, 3.63) is 54.4 Å². The smallest absolute Gasteiger partial charge is 0.186 e. The van der Waals surface area contributed by atoms with E-state index < -0.39 is 0 Å². The van der Waals surface area contributed by atoms with E-state index in [2.05, 4.69) is 33.7 Å². The Morgan fingerprint density at radius 1 is 1.09 bits per heavy atom. The number of hydrogen-bond donors (Lipinski definition) is 1. The number of nitrogens with zero attached hydrogens (tertiary/aromatic N) is 5. The fourth-order valence-electron chi connectivity index (χ4n) is 4.65. The molecule has 2 N–H and O–H groups in total. The Hall–Kier alpha value is -3.25. The van der Waals surface area contributed by atoms with Crippen LogP contribution in [0, 0.1) is 17.2 Å². The molecule has 2 saturated heterocycles. The van der Waals surface area contributed by atoms with Gasteiger partial charge in [0.2, 0.25) is 0 Å². The molecule has 2 aromatic heterocycles. The molecule has 2 fully saturated rings. The van der Waals surface area contributed by atoms with E-state index >= 15 is 0 Å². The van der Waals surface area contributed by atoms with E-state index in [4.69, 9.17) is 20.4 Å². The molecule has 2 aliphatic heterocycles. The molecule has 2 aliphatic rings. The van der Waals surface area contributed by atoms with Gasteiger partial charge in [-0.25, -0.2) is 9.97 Å². The third-order valence-corrected chi connectivity index (χ3v) is 7.92. The first-order valence-corrected chi connectivity index (χ1v) is 12.5. The highest BCUT2D eigenvalue weighted by Gasteiger charge is 2.23. The first-order chi connectivity index (χ1) is 16.7. The van der Waals surface area contributed by atoms with Crippen LogP contribution in [0.25, 0.3) is 32.7 Å². The van der Waals surface area contributed by atoms with Crippen LogP contribution in [-0.2, 0) is 11.3 Å². The molecule has 4 aromatic rings. The third-order valence-electron chi connectivity index (χ3n) is 6.76. The molecular weight excluding hydrogens is 444 g/mol. The number of hydrogen-bond acceptors (Lipinski definition) is 7. The van der Waals surface area contributed by atoms with Gasteiger partial charge in [0.1, 0.15) is 0 Å². The maximum absolute atomic E-state index is 9.21. The minimum atomic E-state index is 0.276. The van der Waals surface area contributed by atoms with Crippen molar-refractivity contribution in [2.45, 2.75) is 25.4 Å². The van der Waals surface area contributed by atoms with Crippen molar-refractivity contribution in [1.82, 2.24) is 14.5 Å². The van der Waals surface area contributed by atoms with Crippen LogP contribution < -0.4 is 10.6 Å². The number of nitriles is 1. The van der Waals surface area contributed by atoms with Crippen LogP contribution in [0.5, 0.6) is 0 Å². The van der Waals surface area contributed by atoms with Crippen LogP contribution in [0.3, 0.4) is 0 Å². The van der Waals surface area contributed by atoms with Crippen molar-refractivity contribution in [2.24, 2.45) is 11.7 Å². The lowest BCUT2D eigenvalue weighted by Crippen LogP contribution is -2.39. The van der Waals surface area contributed by atoms with Crippen LogP contribution >= 0.6 is 11.3 Å². The van der Waals surface area contributed by atoms with Crippen LogP contribution in [0.2, 0.25) is 0 Å². The molecule has 7 nitrogen and oxygen atoms in total. The van der Waals surface area contributed by atoms with Crippen molar-refractivity contribution in [1.29, 1.82) is 5.26 Å². The van der Waals surface area contributed by atoms with Crippen LogP contribution in [0.1, 0.15) is 18.4 Å². The number of fused-ring (bicyclic) bond motifs is 1. The number of imidazole rings is 1. The Balaban J connectivity index is 1.39. The molecule has 0 spiro atoms. The minimum Gasteiger partial charge on any atom is -0.381 e. The van der Waals surface area contributed by atoms with Crippen molar-refractivity contribution >= 4 is 27.5 Å². The molecule has 34 heavy (non-hydrogen) atoms. The maximum Gasteiger partial charge on any atom is 0.186 e. The number of benzene rings is 2. The molecule has 2 aromatic carbocycles. The summed E-state index contributed by atoms with van der Waals surface area (Å²) in [6.07, 6.45) is 3.90. The summed E-state index contributed by atoms with van der Waals surface area (Å²) in [6.45, 7) is 4.45. The zero-order valence-corrected chi connectivity index (χ0v) is 19.7. The van der Waals surface area contributed by atoms with Crippen molar-refractivity contribution < 1.29 is 4.74 Å². The van der Waals surface area contributed by atoms with E-state index in [0.29, 0.717) is 11.5 Å². The molecule has 0 amide bonds. The second-order valence-electron chi connectivity index (χ2n) is 9.19. The summed E-state index contributed by atoms with van der Waals surface area (Å²) < 4.78 is 7.56. The lowest BCUT2D eigenvalue weighted by atomic mass is 10.0. The number of thiazole rings is 1. The van der Waals surface area contributed by atoms with Gasteiger partial charge in [0.05, 0.1) is 52.8 Å². The minimum absolute atomic E-state index is 0.276. The number of piperidine rings is 1. The van der Waals surface area contributed by atoms with Crippen LogP contribution in [0.15, 0.2) is 48.8 Å². The number of ether oxygens (including phenoxy) is 1. The number of rotatable bonds is 5. The Kier molecular flexibility index (Phi) is 5.53. The van der Waals surface area contributed by atoms with Crippen LogP contribution in [-0.4, -0.2) is 46.9 Å². The van der Waals surface area contributed by atoms with Crippen molar-refractivity contribution in [3.8, 4) is 27.8 Å². The number of nitrogens with two attached hydrogens (primary N) is 1. The van der Waals surface area contributed by atoms with E-state index in [-0.39, 0.29) is 6.04 Å². The Morgan fingerprint density at radius 3 is 2.56 bits per heavy atom. The summed E-state index contributed by atoms with van der Waals surface area (Å²) >= 11 is 1.72. The molecule has 0 bridgehead atoms. The second kappa shape index (κ2) is 8.84. The molecular formula is C26H26N6OS. The normalized spacial score (nSPS) is 17.1. The highest BCUT2D eigenvalue weighted by molar-refractivity contribution is 7.19. The van der Waals surface area contributed by atoms with Gasteiger partial charge in [-0.3, -0.25) is 0 Å². The molecule has 6 rings (SSSR count). The van der Waals surface area contributed by atoms with Gasteiger partial charge < -0.3 is 19.9 Å². The molecule has 0 saturated carbocycles. The molecule has 0 aliphatic carbocycles. The van der Waals surface area contributed by atoms with Gasteiger partial charge in [0.25, 0.3) is 0 Å². The largest absolute Gasteiger partial charge is 0.381 e. The second-order valence-corrected chi connectivity index (χ2v) is 10.2. The average molecular weight is 471 g/mol. The van der Waals surface area contributed by atoms with Gasteiger partial charge in [-0.1, -0.05) is 29.5 Å². The predicted octanol–water partition coefficient (Wildman–Crippen LogP) is 4.27. The molecule has 0 unspecified atom stereocenters. The molecule has 4 heterocycles. The van der Waals surface area contributed by atoms with Gasteiger partial charge >= 0.3 is 0 Å². The first kappa shape index (κ1) is 21.3. The summed E-state index contributed by atoms with van der Waals surface area (Å²) in [6, 6.07) is 16.7. The summed E-state index contributed by atoms with van der Waals surface area (Å²) in [4.78, 5) is 13.2. The highest BCUT2D eigenvalue weighted by atomic mass is 32.1. The van der Waals surface area contributed by atoms with Crippen LogP contribution in [0.4, 0.5) is 5.13 Å². The maximum atomic E-state index is 9.21. The van der Waals surface area contributed by atoms with Gasteiger partial charge in [-0.2, -0.15) is 5.26 Å². The van der Waals surface area contributed by atoms with Crippen molar-refractivity contribution in [2.75, 3.05) is 31.2 Å². The molecule has 172 valence electrons. The Bertz CT molecular complexity index is 1360. The van der Waals surface area contributed by atoms with E-state index in [9.17, 15) is 5.26 Å². The number of anilines is 1. The standard InChI is InChI=1S/C26H26N6OS/c27-12-17-1-3-19(4-2-17)24-25(34-26(30-24)31-9-7-21(28)8-10-31)20-5-6-23-22(11-20)29-16-32(23)13-18-14-33-15-18/h1-6,11,16,18,21H,7-10,13-15,28H2. The van der Waals surface area contributed by atoms with Gasteiger partial charge in [0, 0.05) is 37.2 Å². The Labute approximate surface area is 202 Å². The molecule has 0 radical (unpaired) electrons. The van der Waals surface area contributed by atoms with E-state index in [1.165, 1.54) is 0 Å². The topological polar surface area (TPSA) is 93.0 Å². The summed E-state index contributed by atoms with van der Waals surface area (Å²) in [5.41, 5.74) is 12.0. The first-order valence-electron chi connectivity index (χ1n) is 11.7. The van der Waals surface area contributed by atoms with E-state index in [1.807, 2.05) is 30.6 Å². The monoisotopic (exact) mass is 470 g/mol. The SMILES string of the molecule is N#Cc1ccc(-c2nc(N3CCC(N)CC3)sc2-c2ccc3c(c2)ncn3CC2COC2)cc1. The van der Waals surface area contributed by atoms with Gasteiger partial charge in [-0.15, -0.1) is 0 Å². The zero-order chi connectivity index (χ0) is 23.1. The predicted molar refractivity (Wildman–Crippen MR) is 135 cm³/mol. The lowest BCUT2D eigenvalue weighted by Gasteiger charge is -2.29. The third kappa shape index (κ3) is 3.96. The lowest BCUT2D eigenvalue weighted by molar-refractivity contribution is -0.0389.